The predicted octanol–water partition coefficient (Wildman–Crippen LogP) is 2.58. The summed E-state index contributed by atoms with van der Waals surface area (Å²) in [4.78, 5) is 38.4. The minimum atomic E-state index is -0.724. The number of ketones is 1. The Kier molecular flexibility index (Phi) is 4.14. The first-order chi connectivity index (χ1) is 15.2. The first-order valence-electron chi connectivity index (χ1n) is 10.2. The molecule has 0 aliphatic carbocycles. The second kappa shape index (κ2) is 6.69. The van der Waals surface area contributed by atoms with Gasteiger partial charge in [0.1, 0.15) is 17.4 Å². The molecule has 0 saturated carbocycles. The van der Waals surface area contributed by atoms with Gasteiger partial charge in [0.15, 0.2) is 5.78 Å². The van der Waals surface area contributed by atoms with Crippen LogP contribution < -0.4 is 16.1 Å². The highest BCUT2D eigenvalue weighted by Crippen LogP contribution is 2.46. The van der Waals surface area contributed by atoms with Crippen LogP contribution in [0.15, 0.2) is 63.7 Å². The highest BCUT2D eigenvalue weighted by atomic mass is 16.5. The molecule has 5 rings (SSSR count). The number of rotatable bonds is 2. The normalized spacial score (nSPS) is 17.8. The molecule has 1 atom stereocenters. The number of aromatic nitrogens is 3. The van der Waals surface area contributed by atoms with Crippen LogP contribution in [-0.2, 0) is 6.54 Å². The number of carbonyl (C=O) groups excluding carboxylic acids is 1. The van der Waals surface area contributed by atoms with E-state index in [4.69, 9.17) is 4.74 Å². The van der Waals surface area contributed by atoms with Crippen molar-refractivity contribution < 1.29 is 9.53 Å². The molecule has 32 heavy (non-hydrogen) atoms. The van der Waals surface area contributed by atoms with Crippen LogP contribution in [0, 0.1) is 11.3 Å². The molecule has 2 aliphatic heterocycles. The van der Waals surface area contributed by atoms with E-state index in [1.807, 2.05) is 19.9 Å². The Morgan fingerprint density at radius 2 is 1.84 bits per heavy atom. The number of nitrogens with zero attached hydrogens (tertiary/aromatic N) is 4. The number of hydrogen-bond acceptors (Lipinski definition) is 5. The lowest BCUT2D eigenvalue weighted by Crippen LogP contribution is -2.46. The minimum absolute atomic E-state index is 0.0941. The number of allylic oxidation sites excluding steroid dienone is 1. The van der Waals surface area contributed by atoms with Crippen molar-refractivity contribution >= 4 is 5.78 Å². The molecule has 0 saturated heterocycles. The third-order valence-corrected chi connectivity index (χ3v) is 6.11. The lowest BCUT2D eigenvalue weighted by atomic mass is 9.83. The van der Waals surface area contributed by atoms with Crippen LogP contribution in [0.5, 0.6) is 5.75 Å². The number of benzene rings is 2. The van der Waals surface area contributed by atoms with Crippen molar-refractivity contribution in [2.75, 3.05) is 0 Å². The maximum atomic E-state index is 13.6. The Morgan fingerprint density at radius 3 is 2.50 bits per heavy atom. The Labute approximate surface area is 183 Å². The SMILES string of the molecule is CC(=O)c1ccc(-n2c(=O)n3n(c2=O)C2C(=CC3)C(C)(C)Oc3cc(C#N)ccc32)cc1. The molecule has 160 valence electrons. The highest BCUT2D eigenvalue weighted by Gasteiger charge is 2.43. The van der Waals surface area contributed by atoms with E-state index in [9.17, 15) is 19.6 Å². The van der Waals surface area contributed by atoms with Gasteiger partial charge >= 0.3 is 11.4 Å². The quantitative estimate of drug-likeness (QED) is 0.461. The van der Waals surface area contributed by atoms with Crippen LogP contribution in [0.2, 0.25) is 0 Å². The molecule has 0 spiro atoms. The second-order valence-corrected chi connectivity index (χ2v) is 8.47. The van der Waals surface area contributed by atoms with Gasteiger partial charge in [0.05, 0.1) is 23.9 Å². The van der Waals surface area contributed by atoms with Gasteiger partial charge in [-0.1, -0.05) is 12.1 Å². The van der Waals surface area contributed by atoms with Crippen LogP contribution >= 0.6 is 0 Å². The van der Waals surface area contributed by atoms with Crippen LogP contribution in [-0.4, -0.2) is 25.3 Å². The maximum absolute atomic E-state index is 13.6. The van der Waals surface area contributed by atoms with E-state index in [2.05, 4.69) is 6.07 Å². The summed E-state index contributed by atoms with van der Waals surface area (Å²) in [6.45, 7) is 5.51. The van der Waals surface area contributed by atoms with E-state index in [-0.39, 0.29) is 12.3 Å². The first-order valence-corrected chi connectivity index (χ1v) is 10.2. The average Bonchev–Trinajstić information content (AvgIpc) is 3.03. The molecule has 0 amide bonds. The van der Waals surface area contributed by atoms with Gasteiger partial charge in [0.2, 0.25) is 0 Å². The smallest absolute Gasteiger partial charge is 0.352 e. The van der Waals surface area contributed by atoms with Crippen LogP contribution in [0.4, 0.5) is 0 Å². The van der Waals surface area contributed by atoms with Gasteiger partial charge in [-0.05, 0) is 62.7 Å². The maximum Gasteiger partial charge on any atom is 0.352 e. The van der Waals surface area contributed by atoms with Crippen molar-refractivity contribution in [1.82, 2.24) is 13.9 Å². The fourth-order valence-electron chi connectivity index (χ4n) is 4.53. The largest absolute Gasteiger partial charge is 0.483 e. The molecule has 8 nitrogen and oxygen atoms in total. The van der Waals surface area contributed by atoms with E-state index in [0.29, 0.717) is 28.1 Å². The van der Waals surface area contributed by atoms with E-state index < -0.39 is 23.0 Å². The molecule has 0 bridgehead atoms. The summed E-state index contributed by atoms with van der Waals surface area (Å²) in [5.41, 5.74) is 1.29. The number of nitriles is 1. The van der Waals surface area contributed by atoms with Gasteiger partial charge in [0, 0.05) is 11.1 Å². The van der Waals surface area contributed by atoms with Crippen molar-refractivity contribution in [3.63, 3.8) is 0 Å². The lowest BCUT2D eigenvalue weighted by Gasteiger charge is -2.42. The topological polar surface area (TPSA) is 99.0 Å². The Bertz CT molecular complexity index is 1480. The van der Waals surface area contributed by atoms with Crippen molar-refractivity contribution in [1.29, 1.82) is 5.26 Å². The number of Topliss-reactive ketones (excluding diaryl/α,β-unsaturated/α-hetero) is 1. The van der Waals surface area contributed by atoms with E-state index in [1.165, 1.54) is 16.3 Å². The second-order valence-electron chi connectivity index (χ2n) is 8.47. The Morgan fingerprint density at radius 1 is 1.12 bits per heavy atom. The molecule has 1 aromatic heterocycles. The van der Waals surface area contributed by atoms with E-state index >= 15 is 0 Å². The number of hydrogen-bond donors (Lipinski definition) is 0. The summed E-state index contributed by atoms with van der Waals surface area (Å²) in [6.07, 6.45) is 1.93. The Hall–Kier alpha value is -4.12. The molecular weight excluding hydrogens is 408 g/mol. The summed E-state index contributed by atoms with van der Waals surface area (Å²) < 4.78 is 10.2. The lowest BCUT2D eigenvalue weighted by molar-refractivity contribution is 0.101. The molecule has 3 heterocycles. The van der Waals surface area contributed by atoms with Crippen molar-refractivity contribution in [3.05, 3.63) is 91.8 Å². The monoisotopic (exact) mass is 428 g/mol. The molecule has 8 heteroatoms. The van der Waals surface area contributed by atoms with Crippen molar-refractivity contribution in [2.24, 2.45) is 0 Å². The summed E-state index contributed by atoms with van der Waals surface area (Å²) in [5, 5.41) is 9.28. The number of fused-ring (bicyclic) bond motifs is 5. The van der Waals surface area contributed by atoms with Gasteiger partial charge < -0.3 is 4.74 Å². The van der Waals surface area contributed by atoms with Gasteiger partial charge in [0.25, 0.3) is 0 Å². The highest BCUT2D eigenvalue weighted by molar-refractivity contribution is 5.94. The third kappa shape index (κ3) is 2.71. The zero-order valence-electron chi connectivity index (χ0n) is 17.8. The summed E-state index contributed by atoms with van der Waals surface area (Å²) in [5.74, 6) is 0.422. The molecule has 2 aromatic carbocycles. The van der Waals surface area contributed by atoms with Crippen molar-refractivity contribution in [2.45, 2.75) is 39.0 Å². The number of carbonyl (C=O) groups is 1. The zero-order valence-corrected chi connectivity index (χ0v) is 17.8. The minimum Gasteiger partial charge on any atom is -0.483 e. The van der Waals surface area contributed by atoms with E-state index in [0.717, 1.165) is 10.1 Å². The zero-order chi connectivity index (χ0) is 22.8. The van der Waals surface area contributed by atoms with Crippen LogP contribution in [0.1, 0.15) is 48.3 Å². The third-order valence-electron chi connectivity index (χ3n) is 6.11. The molecule has 3 aromatic rings. The van der Waals surface area contributed by atoms with Gasteiger partial charge in [-0.2, -0.15) is 5.26 Å². The first kappa shape index (κ1) is 19.8. The Balaban J connectivity index is 1.74. The molecule has 0 fully saturated rings. The fourth-order valence-corrected chi connectivity index (χ4v) is 4.53. The average molecular weight is 428 g/mol. The molecular formula is C24H20N4O4. The van der Waals surface area contributed by atoms with Gasteiger partial charge in [-0.3, -0.25) is 4.79 Å². The van der Waals surface area contributed by atoms with Crippen molar-refractivity contribution in [3.8, 4) is 17.5 Å². The summed E-state index contributed by atoms with van der Waals surface area (Å²) >= 11 is 0. The van der Waals surface area contributed by atoms with E-state index in [1.54, 1.807) is 42.5 Å². The van der Waals surface area contributed by atoms with Gasteiger partial charge in [-0.25, -0.2) is 23.5 Å². The summed E-state index contributed by atoms with van der Waals surface area (Å²) in [6, 6.07) is 13.1. The number of ether oxygens (including phenoxy) is 1. The summed E-state index contributed by atoms with van der Waals surface area (Å²) in [7, 11) is 0. The fraction of sp³-hybridized carbons (Fsp3) is 0.250. The predicted molar refractivity (Wildman–Crippen MR) is 116 cm³/mol. The standard InChI is InChI=1S/C24H20N4O4/c1-14(29)16-5-7-17(8-6-16)27-22(30)26-11-10-19-21(28(26)23(27)31)18-9-4-15(13-25)12-20(18)32-24(19,2)3/h4-10,12,21H,11H2,1-3H3. The molecule has 0 radical (unpaired) electrons. The molecule has 1 unspecified atom stereocenters. The molecule has 2 aliphatic rings. The van der Waals surface area contributed by atoms with Crippen LogP contribution in [0.3, 0.4) is 0 Å². The molecule has 0 N–H and O–H groups in total. The van der Waals surface area contributed by atoms with Crippen LogP contribution in [0.25, 0.3) is 5.69 Å². The van der Waals surface area contributed by atoms with Gasteiger partial charge in [-0.15, -0.1) is 0 Å².